The van der Waals surface area contributed by atoms with Gasteiger partial charge in [0, 0.05) is 24.2 Å². The summed E-state index contributed by atoms with van der Waals surface area (Å²) in [5.74, 6) is -7.86. The standard InChI is InChI=1S/C23H26N4O6.C4F6O2/c24-21(25)17-7-8-18(33-14-20(28)29)19(13-17)31-11-12-32-23(30)16-5-3-15(4-6-16)22(26)27-9-1-2-10-27;5-3(6,7)1(11)2(12)4(8,9)10/h3-8,13,26H,1-2,9-12,14H2,(H3,24,25)(H,28,29);. The summed E-state index contributed by atoms with van der Waals surface area (Å²) in [5.41, 5.74) is 6.97. The Morgan fingerprint density at radius 1 is 0.778 bits per heavy atom. The van der Waals surface area contributed by atoms with E-state index in [0.717, 1.165) is 31.5 Å². The molecule has 45 heavy (non-hydrogen) atoms. The number of ketones is 2. The summed E-state index contributed by atoms with van der Waals surface area (Å²) in [4.78, 5) is 44.3. The maximum absolute atomic E-state index is 12.3. The number of amidine groups is 2. The molecular weight excluding hydrogens is 622 g/mol. The van der Waals surface area contributed by atoms with Crippen LogP contribution in [-0.2, 0) is 19.1 Å². The molecule has 1 saturated heterocycles. The molecule has 1 heterocycles. The third-order valence-corrected chi connectivity index (χ3v) is 5.72. The first-order valence-corrected chi connectivity index (χ1v) is 12.7. The molecule has 3 rings (SSSR count). The molecule has 0 unspecified atom stereocenters. The summed E-state index contributed by atoms with van der Waals surface area (Å²) in [6.45, 7) is 1.11. The lowest BCUT2D eigenvalue weighted by Gasteiger charge is -2.18. The van der Waals surface area contributed by atoms with E-state index in [-0.39, 0.29) is 30.5 Å². The first kappa shape index (κ1) is 36.0. The molecule has 0 aliphatic carbocycles. The molecule has 18 heteroatoms. The lowest BCUT2D eigenvalue weighted by Crippen LogP contribution is -2.39. The Kier molecular flexibility index (Phi) is 12.4. The highest BCUT2D eigenvalue weighted by molar-refractivity contribution is 6.41. The minimum atomic E-state index is -5.77. The van der Waals surface area contributed by atoms with E-state index in [2.05, 4.69) is 0 Å². The van der Waals surface area contributed by atoms with Crippen molar-refractivity contribution in [2.75, 3.05) is 32.9 Å². The number of ether oxygens (including phenoxy) is 3. The SMILES string of the molecule is N=C(N)c1ccc(OCC(=O)O)c(OCCOC(=O)c2ccc(C(=N)N3CCCC3)cc2)c1.O=C(C(=O)C(F)(F)F)C(F)(F)F. The van der Waals surface area contributed by atoms with Crippen LogP contribution in [0.4, 0.5) is 26.3 Å². The highest BCUT2D eigenvalue weighted by Gasteiger charge is 2.54. The van der Waals surface area contributed by atoms with Gasteiger partial charge >= 0.3 is 35.9 Å². The molecule has 244 valence electrons. The minimum absolute atomic E-state index is 0.0196. The van der Waals surface area contributed by atoms with Crippen molar-refractivity contribution in [1.82, 2.24) is 4.90 Å². The van der Waals surface area contributed by atoms with Gasteiger partial charge in [-0.25, -0.2) is 9.59 Å². The quantitative estimate of drug-likeness (QED) is 0.0701. The van der Waals surface area contributed by atoms with Crippen molar-refractivity contribution in [1.29, 1.82) is 10.8 Å². The zero-order chi connectivity index (χ0) is 33.9. The number of nitrogens with two attached hydrogens (primary N) is 1. The molecule has 0 spiro atoms. The number of carboxylic acid groups (broad SMARTS) is 1. The van der Waals surface area contributed by atoms with Gasteiger partial charge in [-0.05, 0) is 43.2 Å². The lowest BCUT2D eigenvalue weighted by molar-refractivity contribution is -0.193. The van der Waals surface area contributed by atoms with Gasteiger partial charge in [0.2, 0.25) is 0 Å². The van der Waals surface area contributed by atoms with E-state index >= 15 is 0 Å². The lowest BCUT2D eigenvalue weighted by atomic mass is 10.1. The van der Waals surface area contributed by atoms with E-state index in [1.165, 1.54) is 18.2 Å². The fourth-order valence-corrected chi connectivity index (χ4v) is 3.56. The number of nitrogen functional groups attached to an aromatic ring is 1. The van der Waals surface area contributed by atoms with Crippen LogP contribution in [0.5, 0.6) is 11.5 Å². The number of esters is 1. The summed E-state index contributed by atoms with van der Waals surface area (Å²) in [6.07, 6.45) is -9.37. The van der Waals surface area contributed by atoms with Gasteiger partial charge in [-0.2, -0.15) is 26.3 Å². The van der Waals surface area contributed by atoms with Crippen molar-refractivity contribution in [2.24, 2.45) is 5.73 Å². The molecule has 0 saturated carbocycles. The Balaban J connectivity index is 0.000000498. The van der Waals surface area contributed by atoms with Gasteiger partial charge in [-0.1, -0.05) is 12.1 Å². The molecule has 12 nitrogen and oxygen atoms in total. The Morgan fingerprint density at radius 2 is 1.29 bits per heavy atom. The molecule has 1 fully saturated rings. The second-order valence-electron chi connectivity index (χ2n) is 9.02. The number of hydrogen-bond donors (Lipinski definition) is 4. The van der Waals surface area contributed by atoms with Crippen molar-refractivity contribution in [3.63, 3.8) is 0 Å². The highest BCUT2D eigenvalue weighted by atomic mass is 19.4. The molecule has 1 aliphatic heterocycles. The van der Waals surface area contributed by atoms with E-state index in [4.69, 9.17) is 35.9 Å². The number of carbonyl (C=O) groups is 4. The monoisotopic (exact) mass is 648 g/mol. The maximum Gasteiger partial charge on any atom is 0.458 e. The molecule has 0 amide bonds. The topological polar surface area (TPSA) is 193 Å². The van der Waals surface area contributed by atoms with E-state index in [1.54, 1.807) is 24.3 Å². The van der Waals surface area contributed by atoms with Gasteiger partial charge in [0.05, 0.1) is 5.56 Å². The molecule has 2 aromatic carbocycles. The Labute approximate surface area is 250 Å². The molecule has 2 aromatic rings. The summed E-state index contributed by atoms with van der Waals surface area (Å²) in [5, 5.41) is 24.6. The number of nitrogens with zero attached hydrogens (tertiary/aromatic N) is 1. The molecule has 1 aliphatic rings. The van der Waals surface area contributed by atoms with Crippen LogP contribution in [0.2, 0.25) is 0 Å². The first-order chi connectivity index (χ1) is 20.9. The summed E-state index contributed by atoms with van der Waals surface area (Å²) >= 11 is 0. The average molecular weight is 649 g/mol. The molecule has 0 bridgehead atoms. The molecule has 0 radical (unpaired) electrons. The van der Waals surface area contributed by atoms with E-state index < -0.39 is 42.5 Å². The summed E-state index contributed by atoms with van der Waals surface area (Å²) in [6, 6.07) is 11.1. The number of carbonyl (C=O) groups excluding carboxylic acids is 3. The number of benzene rings is 2. The van der Waals surface area contributed by atoms with Crippen molar-refractivity contribution < 1.29 is 64.8 Å². The second kappa shape index (κ2) is 15.5. The summed E-state index contributed by atoms with van der Waals surface area (Å²) < 4.78 is 82.9. The number of hydrogen-bond acceptors (Lipinski definition) is 9. The van der Waals surface area contributed by atoms with Gasteiger partial charge in [-0.15, -0.1) is 0 Å². The fraction of sp³-hybridized carbons (Fsp3) is 0.333. The number of nitrogens with one attached hydrogen (secondary N) is 2. The van der Waals surface area contributed by atoms with Gasteiger partial charge in [-0.3, -0.25) is 20.4 Å². The van der Waals surface area contributed by atoms with Crippen LogP contribution in [-0.4, -0.2) is 90.4 Å². The number of rotatable bonds is 11. The second-order valence-corrected chi connectivity index (χ2v) is 9.02. The van der Waals surface area contributed by atoms with Gasteiger partial charge < -0.3 is 30.0 Å². The number of halogens is 6. The van der Waals surface area contributed by atoms with Crippen molar-refractivity contribution in [3.8, 4) is 11.5 Å². The number of carboxylic acids is 1. The van der Waals surface area contributed by atoms with Crippen LogP contribution in [0.25, 0.3) is 0 Å². The van der Waals surface area contributed by atoms with Crippen LogP contribution in [0.1, 0.15) is 34.3 Å². The highest BCUT2D eigenvalue weighted by Crippen LogP contribution is 2.28. The van der Waals surface area contributed by atoms with E-state index in [0.29, 0.717) is 17.0 Å². The van der Waals surface area contributed by atoms with E-state index in [9.17, 15) is 45.5 Å². The third-order valence-electron chi connectivity index (χ3n) is 5.72. The number of alkyl halides is 6. The van der Waals surface area contributed by atoms with Crippen molar-refractivity contribution in [2.45, 2.75) is 25.2 Å². The Hall–Kier alpha value is -5.16. The average Bonchev–Trinajstić information content (AvgIpc) is 3.52. The molecule has 5 N–H and O–H groups in total. The molecule has 0 aromatic heterocycles. The zero-order valence-electron chi connectivity index (χ0n) is 23.1. The Bertz CT molecular complexity index is 1400. The fourth-order valence-electron chi connectivity index (χ4n) is 3.56. The van der Waals surface area contributed by atoms with Crippen LogP contribution in [0, 0.1) is 10.8 Å². The normalized spacial score (nSPS) is 12.8. The third kappa shape index (κ3) is 11.1. The van der Waals surface area contributed by atoms with Crippen LogP contribution >= 0.6 is 0 Å². The van der Waals surface area contributed by atoms with Crippen molar-refractivity contribution in [3.05, 3.63) is 59.2 Å². The van der Waals surface area contributed by atoms with Gasteiger partial charge in [0.1, 0.15) is 24.9 Å². The Morgan fingerprint density at radius 3 is 1.78 bits per heavy atom. The van der Waals surface area contributed by atoms with Crippen molar-refractivity contribution >= 4 is 35.2 Å². The predicted octanol–water partition coefficient (Wildman–Crippen LogP) is 3.34. The van der Waals surface area contributed by atoms with Crippen LogP contribution in [0.3, 0.4) is 0 Å². The molecular formula is C27H26F6N4O8. The van der Waals surface area contributed by atoms with E-state index in [1.807, 2.05) is 4.90 Å². The minimum Gasteiger partial charge on any atom is -0.486 e. The van der Waals surface area contributed by atoms with Crippen LogP contribution < -0.4 is 15.2 Å². The smallest absolute Gasteiger partial charge is 0.458 e. The zero-order valence-corrected chi connectivity index (χ0v) is 23.1. The maximum atomic E-state index is 12.3. The predicted molar refractivity (Wildman–Crippen MR) is 143 cm³/mol. The number of likely N-dealkylation sites (tertiary alicyclic amines) is 1. The summed E-state index contributed by atoms with van der Waals surface area (Å²) in [7, 11) is 0. The van der Waals surface area contributed by atoms with Gasteiger partial charge in [0.25, 0.3) is 0 Å². The molecule has 0 atom stereocenters. The number of aliphatic carboxylic acids is 1. The van der Waals surface area contributed by atoms with Gasteiger partial charge in [0.15, 0.2) is 18.1 Å². The van der Waals surface area contributed by atoms with Crippen LogP contribution in [0.15, 0.2) is 42.5 Å². The number of Topliss-reactive ketones (excluding diaryl/α,β-unsaturated/α-hetero) is 2. The first-order valence-electron chi connectivity index (χ1n) is 12.7. The largest absolute Gasteiger partial charge is 0.486 e.